The topological polar surface area (TPSA) is 71.5 Å². The van der Waals surface area contributed by atoms with E-state index in [1.54, 1.807) is 42.7 Å². The molecule has 1 aliphatic rings. The molecule has 156 valence electrons. The van der Waals surface area contributed by atoms with Gasteiger partial charge in [0.2, 0.25) is 0 Å². The van der Waals surface area contributed by atoms with Crippen LogP contribution in [-0.4, -0.2) is 28.3 Å². The number of ether oxygens (including phenoxy) is 1. The first-order chi connectivity index (χ1) is 15.1. The summed E-state index contributed by atoms with van der Waals surface area (Å²) in [5.41, 5.74) is 2.09. The summed E-state index contributed by atoms with van der Waals surface area (Å²) in [7, 11) is 0. The molecular weight excluding hydrogens is 397 g/mol. The summed E-state index contributed by atoms with van der Waals surface area (Å²) in [6.45, 7) is 2.41. The average molecular weight is 417 g/mol. The number of halogens is 1. The van der Waals surface area contributed by atoms with Crippen LogP contribution in [0.25, 0.3) is 5.57 Å². The number of hydrogen-bond donors (Lipinski definition) is 1. The number of benzene rings is 2. The lowest BCUT2D eigenvalue weighted by atomic mass is 10.0. The fourth-order valence-corrected chi connectivity index (χ4v) is 3.38. The summed E-state index contributed by atoms with van der Waals surface area (Å²) in [6, 6.07) is 16.2. The van der Waals surface area contributed by atoms with Gasteiger partial charge in [-0.3, -0.25) is 19.5 Å². The predicted octanol–water partition coefficient (Wildman–Crippen LogP) is 4.01. The summed E-state index contributed by atoms with van der Waals surface area (Å²) in [6.07, 6.45) is 3.21. The van der Waals surface area contributed by atoms with Crippen molar-refractivity contribution >= 4 is 23.1 Å². The Kier molecular flexibility index (Phi) is 5.75. The minimum absolute atomic E-state index is 0.100. The van der Waals surface area contributed by atoms with Crippen LogP contribution in [0.1, 0.15) is 18.1 Å². The quantitative estimate of drug-likeness (QED) is 0.588. The summed E-state index contributed by atoms with van der Waals surface area (Å²) in [4.78, 5) is 31.7. The summed E-state index contributed by atoms with van der Waals surface area (Å²) in [5, 5.41) is 3.09. The number of carbonyl (C=O) groups is 2. The van der Waals surface area contributed by atoms with E-state index in [0.717, 1.165) is 5.56 Å². The highest BCUT2D eigenvalue weighted by molar-refractivity contribution is 6.36. The van der Waals surface area contributed by atoms with E-state index < -0.39 is 17.6 Å². The van der Waals surface area contributed by atoms with Crippen molar-refractivity contribution in [3.05, 3.63) is 95.7 Å². The maximum absolute atomic E-state index is 13.5. The van der Waals surface area contributed by atoms with Gasteiger partial charge < -0.3 is 10.1 Å². The smallest absolute Gasteiger partial charge is 0.278 e. The van der Waals surface area contributed by atoms with Crippen LogP contribution in [0, 0.1) is 5.82 Å². The van der Waals surface area contributed by atoms with Crippen molar-refractivity contribution in [3.8, 4) is 5.75 Å². The van der Waals surface area contributed by atoms with Gasteiger partial charge in [0.1, 0.15) is 17.3 Å². The zero-order chi connectivity index (χ0) is 21.8. The number of pyridine rings is 1. The molecule has 6 nitrogen and oxygen atoms in total. The molecule has 0 saturated carbocycles. The normalized spacial score (nSPS) is 13.7. The first kappa shape index (κ1) is 20.3. The van der Waals surface area contributed by atoms with E-state index in [0.29, 0.717) is 23.6 Å². The number of rotatable bonds is 7. The van der Waals surface area contributed by atoms with Crippen LogP contribution in [0.15, 0.2) is 78.8 Å². The molecule has 0 atom stereocenters. The maximum atomic E-state index is 13.5. The number of nitrogens with zero attached hydrogens (tertiary/aromatic N) is 2. The Morgan fingerprint density at radius 2 is 1.68 bits per heavy atom. The molecule has 3 aromatic rings. The Morgan fingerprint density at radius 3 is 2.39 bits per heavy atom. The molecule has 0 bridgehead atoms. The third-order valence-electron chi connectivity index (χ3n) is 4.84. The predicted molar refractivity (Wildman–Crippen MR) is 114 cm³/mol. The molecule has 0 spiro atoms. The molecule has 4 rings (SSSR count). The van der Waals surface area contributed by atoms with Gasteiger partial charge in [0.25, 0.3) is 11.8 Å². The first-order valence-corrected chi connectivity index (χ1v) is 9.82. The zero-order valence-electron chi connectivity index (χ0n) is 16.8. The molecule has 2 amide bonds. The fraction of sp³-hybridized carbons (Fsp3) is 0.125. The molecule has 1 aromatic heterocycles. The van der Waals surface area contributed by atoms with E-state index in [4.69, 9.17) is 4.74 Å². The van der Waals surface area contributed by atoms with E-state index in [1.165, 1.54) is 29.2 Å². The lowest BCUT2D eigenvalue weighted by Crippen LogP contribution is -2.32. The van der Waals surface area contributed by atoms with Crippen LogP contribution in [0.2, 0.25) is 0 Å². The summed E-state index contributed by atoms with van der Waals surface area (Å²) < 4.78 is 19.1. The molecule has 0 unspecified atom stereocenters. The lowest BCUT2D eigenvalue weighted by molar-refractivity contribution is -0.137. The van der Waals surface area contributed by atoms with Gasteiger partial charge in [0.05, 0.1) is 24.4 Å². The standard InChI is InChI=1S/C24H20FN3O3/c1-2-31-20-6-4-3-5-19(20)27-22-21(17-7-9-18(25)10-8-17)23(29)28(24(22)30)15-16-11-13-26-14-12-16/h3-14,27H,2,15H2,1H3. The minimum Gasteiger partial charge on any atom is -0.492 e. The third kappa shape index (κ3) is 4.16. The van der Waals surface area contributed by atoms with Gasteiger partial charge in [-0.2, -0.15) is 0 Å². The number of aromatic nitrogens is 1. The molecule has 7 heteroatoms. The zero-order valence-corrected chi connectivity index (χ0v) is 16.8. The van der Waals surface area contributed by atoms with Gasteiger partial charge >= 0.3 is 0 Å². The van der Waals surface area contributed by atoms with Crippen molar-refractivity contribution < 1.29 is 18.7 Å². The van der Waals surface area contributed by atoms with Gasteiger partial charge in [-0.25, -0.2) is 4.39 Å². The second-order valence-electron chi connectivity index (χ2n) is 6.86. The minimum atomic E-state index is -0.465. The monoisotopic (exact) mass is 417 g/mol. The van der Waals surface area contributed by atoms with Crippen LogP contribution in [0.4, 0.5) is 10.1 Å². The molecule has 2 heterocycles. The fourth-order valence-electron chi connectivity index (χ4n) is 3.38. The first-order valence-electron chi connectivity index (χ1n) is 9.82. The Morgan fingerprint density at radius 1 is 0.968 bits per heavy atom. The lowest BCUT2D eigenvalue weighted by Gasteiger charge is -2.16. The number of nitrogens with one attached hydrogen (secondary N) is 1. The molecule has 0 saturated heterocycles. The molecule has 2 aromatic carbocycles. The molecule has 0 aliphatic carbocycles. The molecule has 1 aliphatic heterocycles. The maximum Gasteiger partial charge on any atom is 0.278 e. The van der Waals surface area contributed by atoms with Gasteiger partial charge in [-0.15, -0.1) is 0 Å². The van der Waals surface area contributed by atoms with Gasteiger partial charge in [-0.05, 0) is 54.4 Å². The average Bonchev–Trinajstić information content (AvgIpc) is 3.01. The van der Waals surface area contributed by atoms with Crippen LogP contribution in [0.3, 0.4) is 0 Å². The SMILES string of the molecule is CCOc1ccccc1NC1=C(c2ccc(F)cc2)C(=O)N(Cc2ccncc2)C1=O. The van der Waals surface area contributed by atoms with Crippen LogP contribution in [-0.2, 0) is 16.1 Å². The van der Waals surface area contributed by atoms with Crippen LogP contribution < -0.4 is 10.1 Å². The van der Waals surface area contributed by atoms with Gasteiger partial charge in [0, 0.05) is 12.4 Å². The number of hydrogen-bond acceptors (Lipinski definition) is 5. The Bertz CT molecular complexity index is 1140. The number of imide groups is 1. The van der Waals surface area contributed by atoms with E-state index in [-0.39, 0.29) is 17.8 Å². The van der Waals surface area contributed by atoms with Crippen molar-refractivity contribution in [2.45, 2.75) is 13.5 Å². The second-order valence-corrected chi connectivity index (χ2v) is 6.86. The molecular formula is C24H20FN3O3. The largest absolute Gasteiger partial charge is 0.492 e. The van der Waals surface area contributed by atoms with E-state index in [9.17, 15) is 14.0 Å². The highest BCUT2D eigenvalue weighted by Crippen LogP contribution is 2.34. The van der Waals surface area contributed by atoms with Crippen molar-refractivity contribution in [2.75, 3.05) is 11.9 Å². The highest BCUT2D eigenvalue weighted by atomic mass is 19.1. The third-order valence-corrected chi connectivity index (χ3v) is 4.84. The van der Waals surface area contributed by atoms with Crippen molar-refractivity contribution in [1.29, 1.82) is 0 Å². The molecule has 0 radical (unpaired) electrons. The number of amides is 2. The van der Waals surface area contributed by atoms with E-state index >= 15 is 0 Å². The van der Waals surface area contributed by atoms with Gasteiger partial charge in [0.15, 0.2) is 0 Å². The second kappa shape index (κ2) is 8.79. The summed E-state index contributed by atoms with van der Waals surface area (Å²) >= 11 is 0. The Labute approximate surface area is 179 Å². The Hall–Kier alpha value is -4.00. The van der Waals surface area contributed by atoms with Gasteiger partial charge in [-0.1, -0.05) is 24.3 Å². The van der Waals surface area contributed by atoms with Crippen molar-refractivity contribution in [3.63, 3.8) is 0 Å². The van der Waals surface area contributed by atoms with Crippen molar-refractivity contribution in [1.82, 2.24) is 9.88 Å². The van der Waals surface area contributed by atoms with E-state index in [1.807, 2.05) is 13.0 Å². The van der Waals surface area contributed by atoms with Crippen LogP contribution in [0.5, 0.6) is 5.75 Å². The molecule has 31 heavy (non-hydrogen) atoms. The number of para-hydroxylation sites is 2. The highest BCUT2D eigenvalue weighted by Gasteiger charge is 2.39. The summed E-state index contributed by atoms with van der Waals surface area (Å²) in [5.74, 6) is -0.785. The van der Waals surface area contributed by atoms with Crippen molar-refractivity contribution in [2.24, 2.45) is 0 Å². The van der Waals surface area contributed by atoms with Crippen LogP contribution >= 0.6 is 0 Å². The Balaban J connectivity index is 1.76. The molecule has 0 fully saturated rings. The van der Waals surface area contributed by atoms with E-state index in [2.05, 4.69) is 10.3 Å². The number of carbonyl (C=O) groups excluding carboxylic acids is 2. The molecule has 1 N–H and O–H groups in total. The number of anilines is 1.